The summed E-state index contributed by atoms with van der Waals surface area (Å²) in [5.74, 6) is 2.68. The molecule has 4 fully saturated rings. The van der Waals surface area contributed by atoms with Gasteiger partial charge in [-0.15, -0.1) is 0 Å². The summed E-state index contributed by atoms with van der Waals surface area (Å²) >= 11 is 14.7. The quantitative estimate of drug-likeness (QED) is 0.201. The molecule has 0 bridgehead atoms. The zero-order valence-corrected chi connectivity index (χ0v) is 32.5. The molecule has 2 aliphatic heterocycles. The number of hydrogen-bond donors (Lipinski definition) is 2. The van der Waals surface area contributed by atoms with Gasteiger partial charge in [0.15, 0.2) is 23.0 Å². The molecule has 4 aliphatic rings. The number of benzene rings is 2. The summed E-state index contributed by atoms with van der Waals surface area (Å²) in [6.07, 6.45) is 18.1. The molecule has 52 heavy (non-hydrogen) atoms. The number of carbonyl (C=O) groups is 4. The molecule has 0 radical (unpaired) electrons. The van der Waals surface area contributed by atoms with E-state index >= 15 is 0 Å². The van der Waals surface area contributed by atoms with Crippen LogP contribution < -0.4 is 29.6 Å². The van der Waals surface area contributed by atoms with E-state index in [9.17, 15) is 19.2 Å². The molecule has 2 saturated heterocycles. The van der Waals surface area contributed by atoms with Gasteiger partial charge in [0.25, 0.3) is 22.3 Å². The van der Waals surface area contributed by atoms with Gasteiger partial charge in [-0.3, -0.25) is 29.8 Å². The van der Waals surface area contributed by atoms with Crippen LogP contribution in [0.1, 0.15) is 88.2 Å². The van der Waals surface area contributed by atoms with Crippen molar-refractivity contribution >= 4 is 81.2 Å². The molecule has 2 aliphatic carbocycles. The molecule has 2 N–H and O–H groups in total. The molecule has 14 heteroatoms. The molecule has 0 unspecified atom stereocenters. The van der Waals surface area contributed by atoms with Crippen LogP contribution in [0.4, 0.5) is 9.59 Å². The molecule has 6 rings (SSSR count). The third-order valence-electron chi connectivity index (χ3n) is 9.47. The Morgan fingerprint density at radius 1 is 0.635 bits per heavy atom. The summed E-state index contributed by atoms with van der Waals surface area (Å²) in [6.45, 7) is 1.16. The van der Waals surface area contributed by atoms with Crippen molar-refractivity contribution in [1.82, 2.24) is 10.6 Å². The highest BCUT2D eigenvalue weighted by molar-refractivity contribution is 8.18. The van der Waals surface area contributed by atoms with Crippen molar-refractivity contribution in [2.45, 2.75) is 77.0 Å². The fourth-order valence-electron chi connectivity index (χ4n) is 6.65. The highest BCUT2D eigenvalue weighted by Gasteiger charge is 2.27. The average molecular weight is 792 g/mol. The highest BCUT2D eigenvalue weighted by Crippen LogP contribution is 2.42. The normalized spacial score (nSPS) is 19.7. The molecule has 0 spiro atoms. The first-order valence-corrected chi connectivity index (χ1v) is 20.0. The van der Waals surface area contributed by atoms with E-state index in [1.807, 2.05) is 0 Å². The summed E-state index contributed by atoms with van der Waals surface area (Å²) in [4.78, 5) is 46.7. The third kappa shape index (κ3) is 10.9. The molecule has 10 nitrogen and oxygen atoms in total. The van der Waals surface area contributed by atoms with Crippen LogP contribution in [0.2, 0.25) is 10.0 Å². The minimum atomic E-state index is -0.411. The molecule has 2 heterocycles. The third-order valence-corrected chi connectivity index (χ3v) is 11.9. The summed E-state index contributed by atoms with van der Waals surface area (Å²) in [5.41, 5.74) is 1.24. The monoisotopic (exact) mass is 790 g/mol. The van der Waals surface area contributed by atoms with E-state index < -0.39 is 11.8 Å². The Hall–Kier alpha value is -3.32. The predicted molar refractivity (Wildman–Crippen MR) is 208 cm³/mol. The average Bonchev–Trinajstić information content (AvgIpc) is 3.65. The number of carbonyl (C=O) groups excluding carboxylic acids is 4. The number of rotatable bonds is 12. The molecule has 2 saturated carbocycles. The summed E-state index contributed by atoms with van der Waals surface area (Å²) in [7, 11) is 3.13. The fraction of sp³-hybridized carbons (Fsp3) is 0.474. The molecular formula is C38H44Cl2N2O8S2. The topological polar surface area (TPSA) is 129 Å². The molecule has 2 aromatic rings. The van der Waals surface area contributed by atoms with Gasteiger partial charge in [0.2, 0.25) is 0 Å². The number of imide groups is 2. The highest BCUT2D eigenvalue weighted by atomic mass is 35.5. The molecule has 0 aromatic heterocycles. The maximum absolute atomic E-state index is 11.7. The Labute approximate surface area is 323 Å². The van der Waals surface area contributed by atoms with Crippen molar-refractivity contribution in [1.29, 1.82) is 0 Å². The van der Waals surface area contributed by atoms with E-state index in [4.69, 9.17) is 42.1 Å². The van der Waals surface area contributed by atoms with Gasteiger partial charge in [-0.2, -0.15) is 0 Å². The van der Waals surface area contributed by atoms with Crippen molar-refractivity contribution in [2.24, 2.45) is 11.8 Å². The van der Waals surface area contributed by atoms with Crippen molar-refractivity contribution in [3.05, 3.63) is 55.2 Å². The molecular weight excluding hydrogens is 747 g/mol. The van der Waals surface area contributed by atoms with Gasteiger partial charge in [-0.05, 0) is 95.7 Å². The number of amides is 4. The first-order valence-electron chi connectivity index (χ1n) is 17.6. The van der Waals surface area contributed by atoms with Gasteiger partial charge in [-0.1, -0.05) is 87.4 Å². The van der Waals surface area contributed by atoms with Crippen LogP contribution in [0.15, 0.2) is 34.1 Å². The first-order chi connectivity index (χ1) is 25.2. The van der Waals surface area contributed by atoms with Crippen molar-refractivity contribution < 1.29 is 38.1 Å². The van der Waals surface area contributed by atoms with Gasteiger partial charge in [-0.25, -0.2) is 0 Å². The molecule has 280 valence electrons. The van der Waals surface area contributed by atoms with E-state index in [0.29, 0.717) is 79.0 Å². The SMILES string of the molecule is COc1ccc(C=C2SC(=O)NC2=O)c(Cl)c1OCCC1CCCCC1.COc1ccc(C=C2SC(=O)NC2=O)c(Cl)c1OCCC1CCCCC1. The van der Waals surface area contributed by atoms with E-state index in [0.717, 1.165) is 36.4 Å². The smallest absolute Gasteiger partial charge is 0.290 e. The van der Waals surface area contributed by atoms with Crippen LogP contribution in [0, 0.1) is 11.8 Å². The lowest BCUT2D eigenvalue weighted by Crippen LogP contribution is -2.17. The Balaban J connectivity index is 0.000000201. The van der Waals surface area contributed by atoms with Crippen LogP contribution >= 0.6 is 46.7 Å². The zero-order chi connectivity index (χ0) is 37.0. The summed E-state index contributed by atoms with van der Waals surface area (Å²) < 4.78 is 22.6. The second kappa shape index (κ2) is 19.7. The van der Waals surface area contributed by atoms with E-state index in [2.05, 4.69) is 10.6 Å². The molecule has 4 amide bonds. The van der Waals surface area contributed by atoms with Crippen molar-refractivity contribution in [3.63, 3.8) is 0 Å². The van der Waals surface area contributed by atoms with Crippen LogP contribution in [0.3, 0.4) is 0 Å². The Bertz CT molecular complexity index is 1580. The second-order valence-electron chi connectivity index (χ2n) is 13.0. The van der Waals surface area contributed by atoms with Crippen LogP contribution in [-0.2, 0) is 9.59 Å². The Kier molecular flexibility index (Phi) is 15.1. The minimum absolute atomic E-state index is 0.315. The molecule has 2 aromatic carbocycles. The maximum atomic E-state index is 11.7. The van der Waals surface area contributed by atoms with E-state index in [1.54, 1.807) is 50.6 Å². The van der Waals surface area contributed by atoms with Crippen LogP contribution in [0.5, 0.6) is 23.0 Å². The summed E-state index contributed by atoms with van der Waals surface area (Å²) in [6, 6.07) is 7.01. The Morgan fingerprint density at radius 3 is 1.35 bits per heavy atom. The standard InChI is InChI=1S/2C19H22ClNO4S/c2*1-24-14-8-7-13(11-15-18(22)21-19(23)26-15)16(20)17(14)25-10-9-12-5-3-2-4-6-12/h2*7-8,11-12H,2-6,9-10H2,1H3,(H,21,22,23). The summed E-state index contributed by atoms with van der Waals surface area (Å²) in [5, 5.41) is 4.47. The zero-order valence-electron chi connectivity index (χ0n) is 29.4. The van der Waals surface area contributed by atoms with Gasteiger partial charge in [0.1, 0.15) is 0 Å². The van der Waals surface area contributed by atoms with Gasteiger partial charge >= 0.3 is 0 Å². The lowest BCUT2D eigenvalue weighted by Gasteiger charge is -2.22. The van der Waals surface area contributed by atoms with Gasteiger partial charge in [0, 0.05) is 0 Å². The number of methoxy groups -OCH3 is 2. The number of halogens is 2. The van der Waals surface area contributed by atoms with Crippen LogP contribution in [0.25, 0.3) is 12.2 Å². The maximum Gasteiger partial charge on any atom is 0.290 e. The van der Waals surface area contributed by atoms with Gasteiger partial charge < -0.3 is 18.9 Å². The molecule has 0 atom stereocenters. The lowest BCUT2D eigenvalue weighted by atomic mass is 9.87. The number of hydrogen-bond acceptors (Lipinski definition) is 10. The second-order valence-corrected chi connectivity index (χ2v) is 15.8. The first kappa shape index (κ1) is 39.9. The lowest BCUT2D eigenvalue weighted by molar-refractivity contribution is -0.116. The van der Waals surface area contributed by atoms with Crippen molar-refractivity contribution in [2.75, 3.05) is 27.4 Å². The number of nitrogens with one attached hydrogen (secondary N) is 2. The predicted octanol–water partition coefficient (Wildman–Crippen LogP) is 10.0. The Morgan fingerprint density at radius 2 is 1.02 bits per heavy atom. The fourth-order valence-corrected chi connectivity index (χ4v) is 8.53. The largest absolute Gasteiger partial charge is 0.493 e. The minimum Gasteiger partial charge on any atom is -0.493 e. The van der Waals surface area contributed by atoms with Crippen molar-refractivity contribution in [3.8, 4) is 23.0 Å². The number of ether oxygens (including phenoxy) is 4. The van der Waals surface area contributed by atoms with E-state index in [-0.39, 0.29) is 10.5 Å². The van der Waals surface area contributed by atoms with Crippen LogP contribution in [-0.4, -0.2) is 49.7 Å². The number of thioether (sulfide) groups is 2. The van der Waals surface area contributed by atoms with E-state index in [1.165, 1.54) is 64.2 Å². The van der Waals surface area contributed by atoms with Gasteiger partial charge in [0.05, 0.1) is 47.3 Å².